The van der Waals surface area contributed by atoms with Crippen molar-refractivity contribution in [2.24, 2.45) is 0 Å². The van der Waals surface area contributed by atoms with Gasteiger partial charge in [-0.1, -0.05) is 15.9 Å². The van der Waals surface area contributed by atoms with Crippen molar-refractivity contribution in [2.75, 3.05) is 6.54 Å². The quantitative estimate of drug-likeness (QED) is 0.890. The van der Waals surface area contributed by atoms with E-state index in [4.69, 9.17) is 9.84 Å². The van der Waals surface area contributed by atoms with Crippen molar-refractivity contribution in [3.8, 4) is 5.75 Å². The fraction of sp³-hybridized carbons (Fsp3) is 0.417. The summed E-state index contributed by atoms with van der Waals surface area (Å²) in [6.45, 7) is 2.17. The Bertz CT molecular complexity index is 436. The molecule has 1 aliphatic heterocycles. The van der Waals surface area contributed by atoms with Crippen molar-refractivity contribution in [3.05, 3.63) is 28.2 Å². The van der Waals surface area contributed by atoms with Gasteiger partial charge in [-0.05, 0) is 30.7 Å². The smallest absolute Gasteiger partial charge is 0.320 e. The molecule has 0 fully saturated rings. The van der Waals surface area contributed by atoms with Gasteiger partial charge in [0.15, 0.2) is 0 Å². The van der Waals surface area contributed by atoms with E-state index >= 15 is 0 Å². The summed E-state index contributed by atoms with van der Waals surface area (Å²) in [5.74, 6) is 0.0474. The molecular weight excluding hydrogens is 286 g/mol. The lowest BCUT2D eigenvalue weighted by Gasteiger charge is -2.14. The second-order valence-electron chi connectivity index (χ2n) is 4.16. The fourth-order valence-corrected chi connectivity index (χ4v) is 2.21. The van der Waals surface area contributed by atoms with Crippen LogP contribution in [0.1, 0.15) is 12.5 Å². The summed E-state index contributed by atoms with van der Waals surface area (Å²) in [5.41, 5.74) is 1.16. The van der Waals surface area contributed by atoms with Gasteiger partial charge >= 0.3 is 5.97 Å². The Morgan fingerprint density at radius 1 is 1.71 bits per heavy atom. The number of halogens is 1. The molecule has 2 rings (SSSR count). The standard InChI is InChI=1S/C12H14BrNO3/c1-7(12(15)16)14-6-10-5-8-4-9(13)2-3-11(8)17-10/h2-4,7,10,14H,5-6H2,1H3,(H,15,16)/t7-,10?/m1/s1. The van der Waals surface area contributed by atoms with Crippen molar-refractivity contribution >= 4 is 21.9 Å². The number of benzene rings is 1. The van der Waals surface area contributed by atoms with E-state index in [2.05, 4.69) is 21.2 Å². The Labute approximate surface area is 108 Å². The van der Waals surface area contributed by atoms with Gasteiger partial charge in [0.05, 0.1) is 0 Å². The second-order valence-corrected chi connectivity index (χ2v) is 5.08. The minimum atomic E-state index is -0.844. The third-order valence-electron chi connectivity index (χ3n) is 2.79. The van der Waals surface area contributed by atoms with E-state index in [1.54, 1.807) is 6.92 Å². The van der Waals surface area contributed by atoms with Gasteiger partial charge in [0.1, 0.15) is 17.9 Å². The zero-order valence-corrected chi connectivity index (χ0v) is 11.0. The predicted octanol–water partition coefficient (Wildman–Crippen LogP) is 1.82. The van der Waals surface area contributed by atoms with Crippen LogP contribution in [0.15, 0.2) is 22.7 Å². The Kier molecular flexibility index (Phi) is 3.69. The largest absolute Gasteiger partial charge is 0.488 e. The summed E-state index contributed by atoms with van der Waals surface area (Å²) >= 11 is 3.42. The number of carboxylic acids is 1. The van der Waals surface area contributed by atoms with Gasteiger partial charge in [0.25, 0.3) is 0 Å². The lowest BCUT2D eigenvalue weighted by molar-refractivity contribution is -0.139. The van der Waals surface area contributed by atoms with Crippen molar-refractivity contribution in [1.29, 1.82) is 0 Å². The van der Waals surface area contributed by atoms with Crippen LogP contribution in [0.25, 0.3) is 0 Å². The number of ether oxygens (including phenoxy) is 1. The zero-order chi connectivity index (χ0) is 12.4. The fourth-order valence-electron chi connectivity index (χ4n) is 1.80. The van der Waals surface area contributed by atoms with Gasteiger partial charge in [-0.15, -0.1) is 0 Å². The molecule has 0 aromatic heterocycles. The maximum absolute atomic E-state index is 10.7. The SMILES string of the molecule is C[C@@H](NCC1Cc2cc(Br)ccc2O1)C(=O)O. The minimum absolute atomic E-state index is 0.0149. The van der Waals surface area contributed by atoms with Crippen LogP contribution in [0, 0.1) is 0 Å². The topological polar surface area (TPSA) is 58.6 Å². The summed E-state index contributed by atoms with van der Waals surface area (Å²) in [4.78, 5) is 10.7. The Morgan fingerprint density at radius 2 is 2.47 bits per heavy atom. The van der Waals surface area contributed by atoms with Crippen LogP contribution in [0.4, 0.5) is 0 Å². The summed E-state index contributed by atoms with van der Waals surface area (Å²) < 4.78 is 6.75. The monoisotopic (exact) mass is 299 g/mol. The Balaban J connectivity index is 1.90. The summed E-state index contributed by atoms with van der Waals surface area (Å²) in [5, 5.41) is 11.7. The van der Waals surface area contributed by atoms with Crippen molar-refractivity contribution in [2.45, 2.75) is 25.5 Å². The first kappa shape index (κ1) is 12.4. The van der Waals surface area contributed by atoms with Crippen LogP contribution in [0.2, 0.25) is 0 Å². The molecule has 0 saturated heterocycles. The highest BCUT2D eigenvalue weighted by atomic mass is 79.9. The van der Waals surface area contributed by atoms with E-state index in [-0.39, 0.29) is 6.10 Å². The molecule has 1 heterocycles. The van der Waals surface area contributed by atoms with E-state index in [0.717, 1.165) is 22.2 Å². The predicted molar refractivity (Wildman–Crippen MR) is 67.4 cm³/mol. The van der Waals surface area contributed by atoms with E-state index in [1.165, 1.54) is 0 Å². The van der Waals surface area contributed by atoms with Crippen molar-refractivity contribution in [3.63, 3.8) is 0 Å². The molecular formula is C12H14BrNO3. The molecule has 0 spiro atoms. The maximum atomic E-state index is 10.7. The minimum Gasteiger partial charge on any atom is -0.488 e. The van der Waals surface area contributed by atoms with Crippen LogP contribution < -0.4 is 10.1 Å². The number of aliphatic carboxylic acids is 1. The highest BCUT2D eigenvalue weighted by molar-refractivity contribution is 9.10. The summed E-state index contributed by atoms with van der Waals surface area (Å²) in [6.07, 6.45) is 0.829. The first-order valence-electron chi connectivity index (χ1n) is 5.47. The molecule has 0 radical (unpaired) electrons. The molecule has 2 atom stereocenters. The van der Waals surface area contributed by atoms with E-state index in [0.29, 0.717) is 6.54 Å². The van der Waals surface area contributed by atoms with Crippen LogP contribution in [-0.2, 0) is 11.2 Å². The molecule has 1 aliphatic rings. The molecule has 1 aromatic rings. The Hall–Kier alpha value is -1.07. The van der Waals surface area contributed by atoms with E-state index in [9.17, 15) is 4.79 Å². The lowest BCUT2D eigenvalue weighted by Crippen LogP contribution is -2.40. The van der Waals surface area contributed by atoms with Crippen LogP contribution in [0.3, 0.4) is 0 Å². The number of rotatable bonds is 4. The molecule has 0 aliphatic carbocycles. The molecule has 17 heavy (non-hydrogen) atoms. The highest BCUT2D eigenvalue weighted by Crippen LogP contribution is 2.30. The average Bonchev–Trinajstić information content (AvgIpc) is 2.67. The van der Waals surface area contributed by atoms with Gasteiger partial charge in [-0.3, -0.25) is 4.79 Å². The third-order valence-corrected chi connectivity index (χ3v) is 3.28. The molecule has 5 heteroatoms. The normalized spacial score (nSPS) is 19.5. The first-order valence-corrected chi connectivity index (χ1v) is 6.27. The number of carboxylic acid groups (broad SMARTS) is 1. The third kappa shape index (κ3) is 2.98. The van der Waals surface area contributed by atoms with Gasteiger partial charge in [0, 0.05) is 17.4 Å². The maximum Gasteiger partial charge on any atom is 0.320 e. The summed E-state index contributed by atoms with van der Waals surface area (Å²) in [6, 6.07) is 5.36. The van der Waals surface area contributed by atoms with E-state index in [1.807, 2.05) is 18.2 Å². The number of fused-ring (bicyclic) bond motifs is 1. The average molecular weight is 300 g/mol. The molecule has 1 aromatic carbocycles. The van der Waals surface area contributed by atoms with Gasteiger partial charge in [0.2, 0.25) is 0 Å². The molecule has 4 nitrogen and oxygen atoms in total. The first-order chi connectivity index (χ1) is 8.06. The van der Waals surface area contributed by atoms with Crippen molar-refractivity contribution in [1.82, 2.24) is 5.32 Å². The number of hydrogen-bond acceptors (Lipinski definition) is 3. The van der Waals surface area contributed by atoms with Gasteiger partial charge in [-0.25, -0.2) is 0 Å². The molecule has 92 valence electrons. The highest BCUT2D eigenvalue weighted by Gasteiger charge is 2.23. The number of carbonyl (C=O) groups is 1. The lowest BCUT2D eigenvalue weighted by atomic mass is 10.1. The second kappa shape index (κ2) is 5.06. The Morgan fingerprint density at radius 3 is 3.18 bits per heavy atom. The van der Waals surface area contributed by atoms with Crippen LogP contribution in [0.5, 0.6) is 5.75 Å². The number of nitrogens with one attached hydrogen (secondary N) is 1. The molecule has 2 N–H and O–H groups in total. The van der Waals surface area contributed by atoms with Gasteiger partial charge < -0.3 is 15.2 Å². The van der Waals surface area contributed by atoms with Gasteiger partial charge in [-0.2, -0.15) is 0 Å². The number of hydrogen-bond donors (Lipinski definition) is 2. The zero-order valence-electron chi connectivity index (χ0n) is 9.44. The van der Waals surface area contributed by atoms with Crippen molar-refractivity contribution < 1.29 is 14.6 Å². The molecule has 0 saturated carbocycles. The molecule has 0 bridgehead atoms. The molecule has 1 unspecified atom stereocenters. The van der Waals surface area contributed by atoms with Crippen LogP contribution in [-0.4, -0.2) is 29.8 Å². The summed E-state index contributed by atoms with van der Waals surface area (Å²) in [7, 11) is 0. The van der Waals surface area contributed by atoms with E-state index < -0.39 is 12.0 Å². The van der Waals surface area contributed by atoms with Crippen LogP contribution >= 0.6 is 15.9 Å². The molecule has 0 amide bonds.